The lowest BCUT2D eigenvalue weighted by Gasteiger charge is -2.16. The molecule has 0 radical (unpaired) electrons. The van der Waals surface area contributed by atoms with E-state index in [1.807, 2.05) is 0 Å². The number of carbonyl (C=O) groups excluding carboxylic acids is 1. The van der Waals surface area contributed by atoms with E-state index in [1.54, 1.807) is 19.2 Å². The molecule has 0 fully saturated rings. The lowest BCUT2D eigenvalue weighted by molar-refractivity contribution is -0.384. The van der Waals surface area contributed by atoms with E-state index in [9.17, 15) is 19.3 Å². The summed E-state index contributed by atoms with van der Waals surface area (Å²) in [6.45, 7) is 0. The van der Waals surface area contributed by atoms with Crippen LogP contribution in [0, 0.1) is 15.9 Å². The summed E-state index contributed by atoms with van der Waals surface area (Å²) < 4.78 is 12.8. The smallest absolute Gasteiger partial charge is 0.269 e. The summed E-state index contributed by atoms with van der Waals surface area (Å²) in [7, 11) is 1.61. The maximum atomic E-state index is 12.8. The van der Waals surface area contributed by atoms with Crippen LogP contribution in [0.15, 0.2) is 53.4 Å². The van der Waals surface area contributed by atoms with E-state index >= 15 is 0 Å². The maximum Gasteiger partial charge on any atom is 0.269 e. The van der Waals surface area contributed by atoms with Crippen LogP contribution in [-0.4, -0.2) is 23.6 Å². The fourth-order valence-electron chi connectivity index (χ4n) is 1.71. The molecule has 1 amide bonds. The van der Waals surface area contributed by atoms with Crippen LogP contribution >= 0.6 is 11.8 Å². The predicted molar refractivity (Wildman–Crippen MR) is 83.6 cm³/mol. The number of non-ortho nitro benzene ring substituents is 1. The van der Waals surface area contributed by atoms with Gasteiger partial charge in [0.15, 0.2) is 0 Å². The normalized spacial score (nSPS) is 10.3. The third-order valence-electron chi connectivity index (χ3n) is 3.00. The Kier molecular flexibility index (Phi) is 5.11. The van der Waals surface area contributed by atoms with Crippen molar-refractivity contribution in [3.63, 3.8) is 0 Å². The third-order valence-corrected chi connectivity index (χ3v) is 3.99. The van der Waals surface area contributed by atoms with Gasteiger partial charge >= 0.3 is 0 Å². The van der Waals surface area contributed by atoms with Crippen molar-refractivity contribution < 1.29 is 14.1 Å². The second kappa shape index (κ2) is 7.04. The lowest BCUT2D eigenvalue weighted by Crippen LogP contribution is -2.27. The molecule has 114 valence electrons. The van der Waals surface area contributed by atoms with Gasteiger partial charge in [-0.3, -0.25) is 14.9 Å². The number of halogens is 1. The van der Waals surface area contributed by atoms with E-state index in [1.165, 1.54) is 53.1 Å². The molecule has 2 aromatic carbocycles. The summed E-state index contributed by atoms with van der Waals surface area (Å²) in [5.41, 5.74) is 0.556. The van der Waals surface area contributed by atoms with Gasteiger partial charge in [-0.1, -0.05) is 0 Å². The molecule has 0 aliphatic heterocycles. The molecule has 0 saturated carbocycles. The van der Waals surface area contributed by atoms with E-state index in [2.05, 4.69) is 0 Å². The summed E-state index contributed by atoms with van der Waals surface area (Å²) >= 11 is 1.30. The van der Waals surface area contributed by atoms with Crippen LogP contribution in [-0.2, 0) is 4.79 Å². The zero-order chi connectivity index (χ0) is 16.1. The first-order valence-electron chi connectivity index (χ1n) is 6.37. The van der Waals surface area contributed by atoms with Crippen LogP contribution in [0.4, 0.5) is 15.8 Å². The molecular formula is C15H13FN2O3S. The van der Waals surface area contributed by atoms with Crippen molar-refractivity contribution in [1.82, 2.24) is 0 Å². The van der Waals surface area contributed by atoms with E-state index in [0.717, 1.165) is 4.90 Å². The van der Waals surface area contributed by atoms with Crippen molar-refractivity contribution in [1.29, 1.82) is 0 Å². The molecule has 5 nitrogen and oxygen atoms in total. The van der Waals surface area contributed by atoms with Crippen molar-refractivity contribution in [3.8, 4) is 0 Å². The monoisotopic (exact) mass is 320 g/mol. The van der Waals surface area contributed by atoms with Crippen molar-refractivity contribution in [2.24, 2.45) is 0 Å². The summed E-state index contributed by atoms with van der Waals surface area (Å²) in [4.78, 5) is 24.4. The number of amides is 1. The lowest BCUT2D eigenvalue weighted by atomic mass is 10.2. The minimum absolute atomic E-state index is 0.0229. The molecule has 0 aliphatic carbocycles. The van der Waals surface area contributed by atoms with Crippen LogP contribution in [0.2, 0.25) is 0 Å². The maximum absolute atomic E-state index is 12.8. The number of hydrogen-bond acceptors (Lipinski definition) is 4. The quantitative estimate of drug-likeness (QED) is 0.480. The molecule has 0 atom stereocenters. The summed E-state index contributed by atoms with van der Waals surface area (Å²) in [6.07, 6.45) is 0. The fourth-order valence-corrected chi connectivity index (χ4v) is 2.53. The van der Waals surface area contributed by atoms with Crippen molar-refractivity contribution in [3.05, 3.63) is 64.5 Å². The van der Waals surface area contributed by atoms with Crippen LogP contribution in [0.5, 0.6) is 0 Å². The Hall–Kier alpha value is -2.41. The Morgan fingerprint density at radius 3 is 2.32 bits per heavy atom. The molecule has 0 bridgehead atoms. The number of nitro groups is 1. The van der Waals surface area contributed by atoms with Crippen molar-refractivity contribution >= 4 is 29.0 Å². The van der Waals surface area contributed by atoms with Crippen LogP contribution in [0.1, 0.15) is 0 Å². The second-order valence-corrected chi connectivity index (χ2v) is 5.52. The van der Waals surface area contributed by atoms with Gasteiger partial charge in [0.2, 0.25) is 5.91 Å². The molecule has 0 N–H and O–H groups in total. The molecule has 0 saturated heterocycles. The first-order valence-corrected chi connectivity index (χ1v) is 7.35. The number of nitro benzene ring substituents is 1. The Labute approximate surface area is 130 Å². The third kappa shape index (κ3) is 4.05. The van der Waals surface area contributed by atoms with E-state index in [-0.39, 0.29) is 23.2 Å². The average Bonchev–Trinajstić information content (AvgIpc) is 2.53. The number of rotatable bonds is 5. The number of benzene rings is 2. The second-order valence-electron chi connectivity index (χ2n) is 4.47. The largest absolute Gasteiger partial charge is 0.315 e. The number of carbonyl (C=O) groups is 1. The van der Waals surface area contributed by atoms with Gasteiger partial charge in [-0.2, -0.15) is 0 Å². The Morgan fingerprint density at radius 2 is 1.77 bits per heavy atom. The van der Waals surface area contributed by atoms with Crippen molar-refractivity contribution in [2.75, 3.05) is 17.7 Å². The fraction of sp³-hybridized carbons (Fsp3) is 0.133. The van der Waals surface area contributed by atoms with Gasteiger partial charge in [-0.25, -0.2) is 4.39 Å². The van der Waals surface area contributed by atoms with Gasteiger partial charge in [0.25, 0.3) is 5.69 Å². The molecule has 22 heavy (non-hydrogen) atoms. The highest BCUT2D eigenvalue weighted by Crippen LogP contribution is 2.22. The number of anilines is 1. The molecule has 0 unspecified atom stereocenters. The molecular weight excluding hydrogens is 307 g/mol. The Bertz CT molecular complexity index is 674. The molecule has 2 rings (SSSR count). The Balaban J connectivity index is 1.96. The summed E-state index contributed by atoms with van der Waals surface area (Å²) in [6, 6.07) is 11.7. The molecule has 0 aliphatic rings. The molecule has 7 heteroatoms. The van der Waals surface area contributed by atoms with Gasteiger partial charge < -0.3 is 4.90 Å². The van der Waals surface area contributed by atoms with E-state index in [0.29, 0.717) is 5.69 Å². The average molecular weight is 320 g/mol. The summed E-state index contributed by atoms with van der Waals surface area (Å²) in [5.74, 6) is -0.277. The Morgan fingerprint density at radius 1 is 1.18 bits per heavy atom. The van der Waals surface area contributed by atoms with E-state index in [4.69, 9.17) is 0 Å². The highest BCUT2D eigenvalue weighted by atomic mass is 32.2. The molecule has 0 aromatic heterocycles. The van der Waals surface area contributed by atoms with E-state index < -0.39 is 4.92 Å². The van der Waals surface area contributed by atoms with Gasteiger partial charge in [0, 0.05) is 29.8 Å². The zero-order valence-corrected chi connectivity index (χ0v) is 12.5. The SMILES string of the molecule is CN(C(=O)CSc1ccc(F)cc1)c1ccc([N+](=O)[O-])cc1. The predicted octanol–water partition coefficient (Wildman–Crippen LogP) is 3.49. The standard InChI is InChI=1S/C15H13FN2O3S/c1-17(12-4-6-13(7-5-12)18(20)21)15(19)10-22-14-8-2-11(16)3-9-14/h2-9H,10H2,1H3. The highest BCUT2D eigenvalue weighted by Gasteiger charge is 2.13. The summed E-state index contributed by atoms with van der Waals surface area (Å²) in [5, 5.41) is 10.6. The zero-order valence-electron chi connectivity index (χ0n) is 11.7. The topological polar surface area (TPSA) is 63.5 Å². The molecule has 0 spiro atoms. The van der Waals surface area contributed by atoms with Gasteiger partial charge in [-0.05, 0) is 36.4 Å². The van der Waals surface area contributed by atoms with Crippen molar-refractivity contribution in [2.45, 2.75) is 4.90 Å². The first kappa shape index (κ1) is 16.0. The van der Waals surface area contributed by atoms with Gasteiger partial charge in [0.05, 0.1) is 10.7 Å². The minimum Gasteiger partial charge on any atom is -0.315 e. The van der Waals surface area contributed by atoms with Gasteiger partial charge in [0.1, 0.15) is 5.82 Å². The highest BCUT2D eigenvalue weighted by molar-refractivity contribution is 8.00. The molecule has 0 heterocycles. The van der Waals surface area contributed by atoms with Crippen LogP contribution in [0.25, 0.3) is 0 Å². The van der Waals surface area contributed by atoms with Crippen LogP contribution < -0.4 is 4.90 Å². The molecule has 2 aromatic rings. The number of thioether (sulfide) groups is 1. The first-order chi connectivity index (χ1) is 10.5. The minimum atomic E-state index is -0.490. The number of hydrogen-bond donors (Lipinski definition) is 0. The van der Waals surface area contributed by atoms with Gasteiger partial charge in [-0.15, -0.1) is 11.8 Å². The number of nitrogens with zero attached hydrogens (tertiary/aromatic N) is 2. The van der Waals surface area contributed by atoms with Crippen LogP contribution in [0.3, 0.4) is 0 Å².